The van der Waals surface area contributed by atoms with Gasteiger partial charge in [0.15, 0.2) is 11.6 Å². The van der Waals surface area contributed by atoms with Crippen LogP contribution in [0.15, 0.2) is 60.0 Å². The van der Waals surface area contributed by atoms with E-state index in [1.165, 1.54) is 12.1 Å². The number of piperidine rings is 1. The summed E-state index contributed by atoms with van der Waals surface area (Å²) in [5.41, 5.74) is 0.572. The molecule has 1 aromatic heterocycles. The van der Waals surface area contributed by atoms with E-state index in [0.29, 0.717) is 43.9 Å². The summed E-state index contributed by atoms with van der Waals surface area (Å²) in [7, 11) is 0. The molecule has 2 heterocycles. The summed E-state index contributed by atoms with van der Waals surface area (Å²) in [5, 5.41) is 2.00. The van der Waals surface area contributed by atoms with Gasteiger partial charge in [-0.15, -0.1) is 11.3 Å². The average Bonchev–Trinajstić information content (AvgIpc) is 3.28. The molecule has 30 heavy (non-hydrogen) atoms. The zero-order valence-electron chi connectivity index (χ0n) is 16.2. The number of benzene rings is 2. The largest absolute Gasteiger partial charge is 0.488 e. The van der Waals surface area contributed by atoms with E-state index in [1.807, 2.05) is 29.6 Å². The number of rotatable bonds is 6. The van der Waals surface area contributed by atoms with Crippen LogP contribution < -0.4 is 9.47 Å². The molecule has 0 spiro atoms. The Hall–Kier alpha value is -2.93. The SMILES string of the molecule is O=C(c1cccc(OCc2cccs2)c1)N1CCC(Oc2ccc(F)cc2F)CC1. The third kappa shape index (κ3) is 4.97. The van der Waals surface area contributed by atoms with Gasteiger partial charge in [0.1, 0.15) is 24.3 Å². The Kier molecular flexibility index (Phi) is 6.28. The number of nitrogens with zero attached hydrogens (tertiary/aromatic N) is 1. The zero-order valence-corrected chi connectivity index (χ0v) is 17.0. The molecule has 1 fully saturated rings. The fourth-order valence-corrected chi connectivity index (χ4v) is 3.99. The van der Waals surface area contributed by atoms with Crippen molar-refractivity contribution in [3.8, 4) is 11.5 Å². The van der Waals surface area contributed by atoms with Crippen LogP contribution in [0.1, 0.15) is 28.1 Å². The summed E-state index contributed by atoms with van der Waals surface area (Å²) in [5.74, 6) is -0.728. The monoisotopic (exact) mass is 429 g/mol. The number of hydrogen-bond donors (Lipinski definition) is 0. The molecule has 1 aliphatic heterocycles. The lowest BCUT2D eigenvalue weighted by Crippen LogP contribution is -2.41. The standard InChI is InChI=1S/C23H21F2NO3S/c24-17-6-7-22(21(25)14-17)29-18-8-10-26(11-9-18)23(27)16-3-1-4-19(13-16)28-15-20-5-2-12-30-20/h1-7,12-14,18H,8-11,15H2. The lowest BCUT2D eigenvalue weighted by atomic mass is 10.1. The fraction of sp³-hybridized carbons (Fsp3) is 0.261. The number of ether oxygens (including phenoxy) is 2. The van der Waals surface area contributed by atoms with Crippen molar-refractivity contribution in [3.05, 3.63) is 82.1 Å². The quantitative estimate of drug-likeness (QED) is 0.535. The van der Waals surface area contributed by atoms with Crippen LogP contribution in [0.3, 0.4) is 0 Å². The van der Waals surface area contributed by atoms with Crippen molar-refractivity contribution in [2.75, 3.05) is 13.1 Å². The fourth-order valence-electron chi connectivity index (χ4n) is 3.38. The highest BCUT2D eigenvalue weighted by Crippen LogP contribution is 2.24. The molecular weight excluding hydrogens is 408 g/mol. The Balaban J connectivity index is 1.32. The Labute approximate surface area is 177 Å². The van der Waals surface area contributed by atoms with Crippen molar-refractivity contribution in [3.63, 3.8) is 0 Å². The lowest BCUT2D eigenvalue weighted by Gasteiger charge is -2.32. The number of amides is 1. The molecule has 0 saturated carbocycles. The lowest BCUT2D eigenvalue weighted by molar-refractivity contribution is 0.0587. The molecule has 0 bridgehead atoms. The Morgan fingerprint density at radius 3 is 2.63 bits per heavy atom. The van der Waals surface area contributed by atoms with E-state index in [0.717, 1.165) is 10.9 Å². The Bertz CT molecular complexity index is 1000. The molecule has 0 aliphatic carbocycles. The molecule has 156 valence electrons. The van der Waals surface area contributed by atoms with Crippen molar-refractivity contribution < 1.29 is 23.0 Å². The van der Waals surface area contributed by atoms with Crippen LogP contribution in [-0.2, 0) is 6.61 Å². The molecule has 4 rings (SSSR count). The van der Waals surface area contributed by atoms with Crippen molar-refractivity contribution in [2.45, 2.75) is 25.6 Å². The van der Waals surface area contributed by atoms with Gasteiger partial charge in [-0.25, -0.2) is 8.78 Å². The van der Waals surface area contributed by atoms with Gasteiger partial charge < -0.3 is 14.4 Å². The maximum atomic E-state index is 13.8. The minimum Gasteiger partial charge on any atom is -0.488 e. The summed E-state index contributed by atoms with van der Waals surface area (Å²) in [6.45, 7) is 1.48. The van der Waals surface area contributed by atoms with Gasteiger partial charge in [-0.3, -0.25) is 4.79 Å². The molecule has 1 amide bonds. The number of carbonyl (C=O) groups is 1. The topological polar surface area (TPSA) is 38.8 Å². The van der Waals surface area contributed by atoms with Gasteiger partial charge in [0.2, 0.25) is 0 Å². The van der Waals surface area contributed by atoms with Gasteiger partial charge in [0.25, 0.3) is 5.91 Å². The first kappa shape index (κ1) is 20.3. The minimum atomic E-state index is -0.715. The van der Waals surface area contributed by atoms with E-state index in [2.05, 4.69) is 0 Å². The van der Waals surface area contributed by atoms with E-state index < -0.39 is 11.6 Å². The zero-order chi connectivity index (χ0) is 20.9. The predicted octanol–water partition coefficient (Wildman–Crippen LogP) is 5.29. The first-order valence-corrected chi connectivity index (χ1v) is 10.6. The van der Waals surface area contributed by atoms with Gasteiger partial charge in [-0.05, 0) is 41.8 Å². The molecule has 3 aromatic rings. The second kappa shape index (κ2) is 9.26. The maximum absolute atomic E-state index is 13.8. The van der Waals surface area contributed by atoms with Crippen LogP contribution >= 0.6 is 11.3 Å². The minimum absolute atomic E-state index is 0.0387. The maximum Gasteiger partial charge on any atom is 0.253 e. The van der Waals surface area contributed by atoms with E-state index in [4.69, 9.17) is 9.47 Å². The Morgan fingerprint density at radius 2 is 1.90 bits per heavy atom. The molecule has 2 aromatic carbocycles. The van der Waals surface area contributed by atoms with Crippen LogP contribution in [0.25, 0.3) is 0 Å². The van der Waals surface area contributed by atoms with E-state index in [1.54, 1.807) is 28.4 Å². The van der Waals surface area contributed by atoms with Gasteiger partial charge in [0.05, 0.1) is 0 Å². The number of carbonyl (C=O) groups excluding carboxylic acids is 1. The highest BCUT2D eigenvalue weighted by Gasteiger charge is 2.25. The van der Waals surface area contributed by atoms with Gasteiger partial charge in [-0.2, -0.15) is 0 Å². The first-order chi connectivity index (χ1) is 14.6. The molecule has 0 N–H and O–H groups in total. The van der Waals surface area contributed by atoms with Crippen molar-refractivity contribution in [2.24, 2.45) is 0 Å². The van der Waals surface area contributed by atoms with Crippen molar-refractivity contribution >= 4 is 17.2 Å². The summed E-state index contributed by atoms with van der Waals surface area (Å²) in [6, 6.07) is 14.4. The third-order valence-corrected chi connectivity index (χ3v) is 5.81. The molecule has 0 atom stereocenters. The number of thiophene rings is 1. The average molecular weight is 429 g/mol. The van der Waals surface area contributed by atoms with Crippen molar-refractivity contribution in [1.29, 1.82) is 0 Å². The highest BCUT2D eigenvalue weighted by atomic mass is 32.1. The highest BCUT2D eigenvalue weighted by molar-refractivity contribution is 7.09. The number of hydrogen-bond acceptors (Lipinski definition) is 4. The van der Waals surface area contributed by atoms with E-state index in [-0.39, 0.29) is 17.8 Å². The second-order valence-corrected chi connectivity index (χ2v) is 8.11. The normalized spacial score (nSPS) is 14.5. The molecule has 4 nitrogen and oxygen atoms in total. The predicted molar refractivity (Wildman–Crippen MR) is 111 cm³/mol. The summed E-state index contributed by atoms with van der Waals surface area (Å²) < 4.78 is 38.3. The van der Waals surface area contributed by atoms with Gasteiger partial charge >= 0.3 is 0 Å². The molecule has 1 aliphatic rings. The summed E-state index contributed by atoms with van der Waals surface area (Å²) in [4.78, 5) is 15.8. The van der Waals surface area contributed by atoms with Crippen LogP contribution in [0.5, 0.6) is 11.5 Å². The first-order valence-electron chi connectivity index (χ1n) is 9.75. The number of halogens is 2. The third-order valence-electron chi connectivity index (χ3n) is 4.96. The van der Waals surface area contributed by atoms with Gasteiger partial charge in [-0.1, -0.05) is 12.1 Å². The molecule has 7 heteroatoms. The van der Waals surface area contributed by atoms with Crippen LogP contribution in [-0.4, -0.2) is 30.0 Å². The molecular formula is C23H21F2NO3S. The summed E-state index contributed by atoms with van der Waals surface area (Å²) in [6.07, 6.45) is 0.948. The van der Waals surface area contributed by atoms with Crippen LogP contribution in [0.2, 0.25) is 0 Å². The molecule has 1 saturated heterocycles. The van der Waals surface area contributed by atoms with Gasteiger partial charge in [0, 0.05) is 42.4 Å². The summed E-state index contributed by atoms with van der Waals surface area (Å²) >= 11 is 1.62. The number of likely N-dealkylation sites (tertiary alicyclic amines) is 1. The Morgan fingerprint density at radius 1 is 1.07 bits per heavy atom. The molecule has 0 radical (unpaired) electrons. The van der Waals surface area contributed by atoms with E-state index in [9.17, 15) is 13.6 Å². The second-order valence-electron chi connectivity index (χ2n) is 7.08. The van der Waals surface area contributed by atoms with Crippen LogP contribution in [0, 0.1) is 11.6 Å². The smallest absolute Gasteiger partial charge is 0.253 e. The molecule has 0 unspecified atom stereocenters. The van der Waals surface area contributed by atoms with Crippen LogP contribution in [0.4, 0.5) is 8.78 Å². The van der Waals surface area contributed by atoms with Crippen molar-refractivity contribution in [1.82, 2.24) is 4.90 Å². The van der Waals surface area contributed by atoms with E-state index >= 15 is 0 Å².